The molecule has 0 saturated carbocycles. The molecule has 0 aromatic heterocycles. The zero-order chi connectivity index (χ0) is 9.40. The molecule has 1 atom stereocenters. The third kappa shape index (κ3) is 5.06. The molecule has 0 aliphatic carbocycles. The van der Waals surface area contributed by atoms with E-state index in [1.54, 1.807) is 0 Å². The molecular weight excluding hydrogens is 160 g/mol. The van der Waals surface area contributed by atoms with Gasteiger partial charge in [0.25, 0.3) is 0 Å². The molecule has 5 heteroatoms. The fraction of sp³-hybridized carbons (Fsp3) is 0.857. The number of aliphatic carboxylic acids is 1. The Balaban J connectivity index is 3.56. The monoisotopic (exact) mass is 176 g/mol. The summed E-state index contributed by atoms with van der Waals surface area (Å²) in [6.07, 6.45) is 1.39. The van der Waals surface area contributed by atoms with Crippen molar-refractivity contribution >= 4 is 5.97 Å². The number of carboxylic acid groups (broad SMARTS) is 1. The number of carbonyl (C=O) groups is 1. The van der Waals surface area contributed by atoms with Crippen LogP contribution in [0.25, 0.3) is 0 Å². The predicted molar refractivity (Wildman–Crippen MR) is 44.6 cm³/mol. The normalized spacial score (nSPS) is 12.8. The summed E-state index contributed by atoms with van der Waals surface area (Å²) in [6.45, 7) is 2.27. The minimum Gasteiger partial charge on any atom is -0.480 e. The van der Waals surface area contributed by atoms with Gasteiger partial charge in [-0.2, -0.15) is 0 Å². The van der Waals surface area contributed by atoms with Gasteiger partial charge in [-0.25, -0.2) is 5.43 Å². The molecule has 0 bridgehead atoms. The van der Waals surface area contributed by atoms with Crippen LogP contribution < -0.4 is 10.9 Å². The van der Waals surface area contributed by atoms with Crippen molar-refractivity contribution in [2.24, 2.45) is 0 Å². The summed E-state index contributed by atoms with van der Waals surface area (Å²) in [7, 11) is 0. The van der Waals surface area contributed by atoms with Gasteiger partial charge in [-0.1, -0.05) is 13.3 Å². The number of aliphatic hydroxyl groups is 1. The smallest absolute Gasteiger partial charge is 0.322 e. The maximum Gasteiger partial charge on any atom is 0.322 e. The summed E-state index contributed by atoms with van der Waals surface area (Å²) in [5.74, 6) is -0.873. The van der Waals surface area contributed by atoms with E-state index < -0.39 is 12.0 Å². The zero-order valence-electron chi connectivity index (χ0n) is 7.21. The molecule has 0 aliphatic rings. The fourth-order valence-electron chi connectivity index (χ4n) is 0.797. The van der Waals surface area contributed by atoms with Crippen LogP contribution in [0.1, 0.15) is 19.8 Å². The number of nitrogens with one attached hydrogen (secondary N) is 2. The van der Waals surface area contributed by atoms with Crippen LogP contribution in [0.15, 0.2) is 0 Å². The van der Waals surface area contributed by atoms with Crippen molar-refractivity contribution in [1.29, 1.82) is 0 Å². The molecule has 0 aliphatic heterocycles. The van der Waals surface area contributed by atoms with Crippen molar-refractivity contribution in [2.45, 2.75) is 25.8 Å². The molecule has 1 unspecified atom stereocenters. The van der Waals surface area contributed by atoms with E-state index in [9.17, 15) is 4.79 Å². The average Bonchev–Trinajstić information content (AvgIpc) is 2.03. The van der Waals surface area contributed by atoms with Crippen LogP contribution in [0.3, 0.4) is 0 Å². The topological polar surface area (TPSA) is 81.6 Å². The van der Waals surface area contributed by atoms with Crippen LogP contribution in [0, 0.1) is 0 Å². The molecule has 0 rings (SSSR count). The third-order valence-electron chi connectivity index (χ3n) is 1.39. The number of hydrogen-bond donors (Lipinski definition) is 4. The Morgan fingerprint density at radius 1 is 1.58 bits per heavy atom. The van der Waals surface area contributed by atoms with E-state index in [1.807, 2.05) is 6.92 Å². The van der Waals surface area contributed by atoms with E-state index in [1.165, 1.54) is 0 Å². The first-order chi connectivity index (χ1) is 5.72. The van der Waals surface area contributed by atoms with Gasteiger partial charge in [0.2, 0.25) is 0 Å². The second kappa shape index (κ2) is 7.02. The van der Waals surface area contributed by atoms with Crippen molar-refractivity contribution in [3.63, 3.8) is 0 Å². The summed E-state index contributed by atoms with van der Waals surface area (Å²) < 4.78 is 0. The summed E-state index contributed by atoms with van der Waals surface area (Å²) in [5.41, 5.74) is 5.23. The standard InChI is InChI=1S/C7H16N2O3/c1-2-3-6(7(11)12)9-8-4-5-10/h6,8-10H,2-5H2,1H3,(H,11,12). The maximum atomic E-state index is 10.5. The Bertz CT molecular complexity index is 130. The Kier molecular flexibility index (Phi) is 6.64. The third-order valence-corrected chi connectivity index (χ3v) is 1.39. The van der Waals surface area contributed by atoms with Gasteiger partial charge < -0.3 is 10.2 Å². The highest BCUT2D eigenvalue weighted by Crippen LogP contribution is 1.94. The zero-order valence-corrected chi connectivity index (χ0v) is 7.21. The van der Waals surface area contributed by atoms with Crippen molar-refractivity contribution in [1.82, 2.24) is 10.9 Å². The minimum atomic E-state index is -0.873. The average molecular weight is 176 g/mol. The highest BCUT2D eigenvalue weighted by molar-refractivity contribution is 5.73. The first kappa shape index (κ1) is 11.4. The van der Waals surface area contributed by atoms with Crippen LogP contribution in [0.5, 0.6) is 0 Å². The molecule has 0 spiro atoms. The van der Waals surface area contributed by atoms with E-state index in [0.717, 1.165) is 6.42 Å². The van der Waals surface area contributed by atoms with Crippen molar-refractivity contribution in [3.05, 3.63) is 0 Å². The molecule has 0 radical (unpaired) electrons. The summed E-state index contributed by atoms with van der Waals surface area (Å²) in [6, 6.07) is -0.568. The van der Waals surface area contributed by atoms with E-state index in [-0.39, 0.29) is 6.61 Å². The summed E-state index contributed by atoms with van der Waals surface area (Å²) in [4.78, 5) is 10.5. The van der Waals surface area contributed by atoms with Crippen LogP contribution in [0.4, 0.5) is 0 Å². The molecule has 72 valence electrons. The Morgan fingerprint density at radius 3 is 2.67 bits per heavy atom. The highest BCUT2D eigenvalue weighted by Gasteiger charge is 2.14. The lowest BCUT2D eigenvalue weighted by atomic mass is 10.2. The molecular formula is C7H16N2O3. The van der Waals surface area contributed by atoms with E-state index in [4.69, 9.17) is 10.2 Å². The first-order valence-electron chi connectivity index (χ1n) is 4.04. The number of hydrazine groups is 1. The van der Waals surface area contributed by atoms with Crippen molar-refractivity contribution in [2.75, 3.05) is 13.2 Å². The lowest BCUT2D eigenvalue weighted by Crippen LogP contribution is -2.46. The molecule has 0 heterocycles. The maximum absolute atomic E-state index is 10.5. The molecule has 0 fully saturated rings. The first-order valence-corrected chi connectivity index (χ1v) is 4.04. The Labute approximate surface area is 71.7 Å². The molecule has 12 heavy (non-hydrogen) atoms. The largest absolute Gasteiger partial charge is 0.480 e. The molecule has 0 aromatic carbocycles. The fourth-order valence-corrected chi connectivity index (χ4v) is 0.797. The van der Waals surface area contributed by atoms with Gasteiger partial charge in [0, 0.05) is 6.54 Å². The number of rotatable bonds is 7. The Morgan fingerprint density at radius 2 is 2.25 bits per heavy atom. The number of aliphatic hydroxyl groups excluding tert-OH is 1. The molecule has 0 aromatic rings. The number of hydrogen-bond acceptors (Lipinski definition) is 4. The molecule has 0 amide bonds. The summed E-state index contributed by atoms with van der Waals surface area (Å²) >= 11 is 0. The van der Waals surface area contributed by atoms with Gasteiger partial charge in [-0.15, -0.1) is 0 Å². The van der Waals surface area contributed by atoms with E-state index >= 15 is 0 Å². The predicted octanol–water partition coefficient (Wildman–Crippen LogP) is -0.674. The van der Waals surface area contributed by atoms with Crippen LogP contribution in [-0.4, -0.2) is 35.4 Å². The lowest BCUT2D eigenvalue weighted by molar-refractivity contribution is -0.140. The highest BCUT2D eigenvalue weighted by atomic mass is 16.4. The van der Waals surface area contributed by atoms with Crippen LogP contribution in [-0.2, 0) is 4.79 Å². The molecule has 4 N–H and O–H groups in total. The lowest BCUT2D eigenvalue weighted by Gasteiger charge is -2.13. The van der Waals surface area contributed by atoms with Gasteiger partial charge in [-0.3, -0.25) is 10.2 Å². The quantitative estimate of drug-likeness (QED) is 0.305. The Hall–Kier alpha value is -0.650. The van der Waals surface area contributed by atoms with Crippen LogP contribution in [0.2, 0.25) is 0 Å². The second-order valence-corrected chi connectivity index (χ2v) is 2.47. The summed E-state index contributed by atoms with van der Waals surface area (Å²) in [5, 5.41) is 17.0. The van der Waals surface area contributed by atoms with Crippen molar-refractivity contribution in [3.8, 4) is 0 Å². The molecule has 5 nitrogen and oxygen atoms in total. The minimum absolute atomic E-state index is 0.00847. The molecule has 0 saturated heterocycles. The van der Waals surface area contributed by atoms with Gasteiger partial charge in [-0.05, 0) is 6.42 Å². The second-order valence-electron chi connectivity index (χ2n) is 2.47. The van der Waals surface area contributed by atoms with E-state index in [0.29, 0.717) is 13.0 Å². The van der Waals surface area contributed by atoms with Gasteiger partial charge in [0.15, 0.2) is 0 Å². The van der Waals surface area contributed by atoms with Gasteiger partial charge >= 0.3 is 5.97 Å². The van der Waals surface area contributed by atoms with Crippen molar-refractivity contribution < 1.29 is 15.0 Å². The van der Waals surface area contributed by atoms with Crippen LogP contribution >= 0.6 is 0 Å². The SMILES string of the molecule is CCCC(NNCCO)C(=O)O. The number of carboxylic acids is 1. The van der Waals surface area contributed by atoms with Gasteiger partial charge in [0.1, 0.15) is 6.04 Å². The van der Waals surface area contributed by atoms with E-state index in [2.05, 4.69) is 10.9 Å². The van der Waals surface area contributed by atoms with Gasteiger partial charge in [0.05, 0.1) is 6.61 Å².